The van der Waals surface area contributed by atoms with E-state index in [1.54, 1.807) is 31.2 Å². The highest BCUT2D eigenvalue weighted by molar-refractivity contribution is 6.02. The molecule has 150 valence electrons. The number of aryl methyl sites for hydroxylation is 1. The molecule has 0 saturated heterocycles. The molecule has 1 fully saturated rings. The third kappa shape index (κ3) is 3.93. The first-order chi connectivity index (χ1) is 13.4. The fourth-order valence-corrected chi connectivity index (χ4v) is 3.94. The molecule has 28 heavy (non-hydrogen) atoms. The van der Waals surface area contributed by atoms with Crippen molar-refractivity contribution in [3.05, 3.63) is 40.3 Å². The quantitative estimate of drug-likeness (QED) is 0.739. The minimum atomic E-state index is -0.910. The summed E-state index contributed by atoms with van der Waals surface area (Å²) in [5, 5.41) is 4.89. The minimum absolute atomic E-state index is 0.0399. The Hall–Kier alpha value is -2.70. The predicted molar refractivity (Wildman–Crippen MR) is 106 cm³/mol. The summed E-state index contributed by atoms with van der Waals surface area (Å²) >= 11 is 0. The maximum Gasteiger partial charge on any atom is 0.360 e. The molecule has 1 aliphatic rings. The Balaban J connectivity index is 1.80. The summed E-state index contributed by atoms with van der Waals surface area (Å²) in [7, 11) is 1.49. The SMILES string of the molecule is CCN(C(=O)[C@@H](C)OC(=O)c1nn(C)c(=O)c2ccccc12)C1CCCCC1. The number of benzene rings is 1. The highest BCUT2D eigenvalue weighted by Gasteiger charge is 2.30. The lowest BCUT2D eigenvalue weighted by atomic mass is 9.94. The Bertz CT molecular complexity index is 931. The molecule has 1 heterocycles. The van der Waals surface area contributed by atoms with Gasteiger partial charge in [0.1, 0.15) is 0 Å². The Morgan fingerprint density at radius 1 is 1.21 bits per heavy atom. The highest BCUT2D eigenvalue weighted by Crippen LogP contribution is 2.23. The minimum Gasteiger partial charge on any atom is -0.448 e. The van der Waals surface area contributed by atoms with Crippen LogP contribution in [0.3, 0.4) is 0 Å². The summed E-state index contributed by atoms with van der Waals surface area (Å²) in [6.07, 6.45) is 4.53. The molecule has 2 aromatic rings. The van der Waals surface area contributed by atoms with E-state index in [-0.39, 0.29) is 23.2 Å². The lowest BCUT2D eigenvalue weighted by molar-refractivity contribution is -0.142. The molecule has 1 aromatic heterocycles. The third-order valence-electron chi connectivity index (χ3n) is 5.42. The zero-order valence-corrected chi connectivity index (χ0v) is 16.7. The molecule has 0 unspecified atom stereocenters. The van der Waals surface area contributed by atoms with Gasteiger partial charge >= 0.3 is 5.97 Å². The van der Waals surface area contributed by atoms with Crippen LogP contribution in [0.1, 0.15) is 56.4 Å². The molecule has 1 saturated carbocycles. The Morgan fingerprint density at radius 2 is 1.86 bits per heavy atom. The van der Waals surface area contributed by atoms with Crippen LogP contribution >= 0.6 is 0 Å². The van der Waals surface area contributed by atoms with Gasteiger partial charge in [-0.2, -0.15) is 5.10 Å². The molecule has 7 heteroatoms. The van der Waals surface area contributed by atoms with Gasteiger partial charge in [-0.1, -0.05) is 37.5 Å². The van der Waals surface area contributed by atoms with E-state index in [1.807, 2.05) is 11.8 Å². The Kier molecular flexibility index (Phi) is 6.11. The normalized spacial score (nSPS) is 16.0. The first-order valence-electron chi connectivity index (χ1n) is 9.91. The maximum absolute atomic E-state index is 12.9. The average Bonchev–Trinajstić information content (AvgIpc) is 2.71. The Labute approximate surface area is 164 Å². The van der Waals surface area contributed by atoms with Gasteiger partial charge in [-0.15, -0.1) is 0 Å². The fourth-order valence-electron chi connectivity index (χ4n) is 3.94. The maximum atomic E-state index is 12.9. The number of aromatic nitrogens is 2. The molecular formula is C21H27N3O4. The predicted octanol–water partition coefficient (Wildman–Crippen LogP) is 2.66. The van der Waals surface area contributed by atoms with Crippen LogP contribution < -0.4 is 5.56 Å². The number of likely N-dealkylation sites (N-methyl/N-ethyl adjacent to an activating group) is 1. The number of nitrogens with zero attached hydrogens (tertiary/aromatic N) is 3. The standard InChI is InChI=1S/C21H27N3O4/c1-4-24(15-10-6-5-7-11-15)19(25)14(2)28-21(27)18-16-12-8-9-13-17(16)20(26)23(3)22-18/h8-9,12-15H,4-7,10-11H2,1-3H3/t14-/m1/s1. The smallest absolute Gasteiger partial charge is 0.360 e. The van der Waals surface area contributed by atoms with Crippen LogP contribution in [0.2, 0.25) is 0 Å². The number of esters is 1. The van der Waals surface area contributed by atoms with Crippen LogP contribution in [-0.4, -0.2) is 45.2 Å². The van der Waals surface area contributed by atoms with Crippen molar-refractivity contribution >= 4 is 22.6 Å². The number of hydrogen-bond donors (Lipinski definition) is 0. The first kappa shape index (κ1) is 20.0. The van der Waals surface area contributed by atoms with Crippen LogP contribution in [0.25, 0.3) is 10.8 Å². The molecule has 1 amide bonds. The average molecular weight is 385 g/mol. The Morgan fingerprint density at radius 3 is 2.50 bits per heavy atom. The largest absolute Gasteiger partial charge is 0.448 e. The van der Waals surface area contributed by atoms with Crippen LogP contribution in [0.15, 0.2) is 29.1 Å². The van der Waals surface area contributed by atoms with Crippen molar-refractivity contribution in [2.75, 3.05) is 6.54 Å². The van der Waals surface area contributed by atoms with Crippen molar-refractivity contribution in [3.8, 4) is 0 Å². The van der Waals surface area contributed by atoms with E-state index in [9.17, 15) is 14.4 Å². The van der Waals surface area contributed by atoms with E-state index in [4.69, 9.17) is 4.74 Å². The molecule has 0 N–H and O–H groups in total. The second kappa shape index (κ2) is 8.54. The topological polar surface area (TPSA) is 81.5 Å². The van der Waals surface area contributed by atoms with Crippen molar-refractivity contribution in [2.45, 2.75) is 58.1 Å². The van der Waals surface area contributed by atoms with Crippen molar-refractivity contribution in [1.29, 1.82) is 0 Å². The van der Waals surface area contributed by atoms with E-state index < -0.39 is 12.1 Å². The highest BCUT2D eigenvalue weighted by atomic mass is 16.5. The second-order valence-corrected chi connectivity index (χ2v) is 7.29. The number of ether oxygens (including phenoxy) is 1. The lowest BCUT2D eigenvalue weighted by Crippen LogP contribution is -2.46. The van der Waals surface area contributed by atoms with Crippen molar-refractivity contribution in [1.82, 2.24) is 14.7 Å². The number of rotatable bonds is 5. The summed E-state index contributed by atoms with van der Waals surface area (Å²) in [6, 6.07) is 6.98. The summed E-state index contributed by atoms with van der Waals surface area (Å²) in [5.41, 5.74) is -0.246. The second-order valence-electron chi connectivity index (χ2n) is 7.29. The van der Waals surface area contributed by atoms with Crippen LogP contribution in [0.4, 0.5) is 0 Å². The summed E-state index contributed by atoms with van der Waals surface area (Å²) in [6.45, 7) is 4.13. The van der Waals surface area contributed by atoms with Gasteiger partial charge in [0.05, 0.1) is 5.39 Å². The van der Waals surface area contributed by atoms with Crippen molar-refractivity contribution in [2.24, 2.45) is 7.05 Å². The summed E-state index contributed by atoms with van der Waals surface area (Å²) < 4.78 is 6.58. The molecule has 0 spiro atoms. The summed E-state index contributed by atoms with van der Waals surface area (Å²) in [5.74, 6) is -0.885. The van der Waals surface area contributed by atoms with Gasteiger partial charge in [0.15, 0.2) is 11.8 Å². The molecule has 1 aromatic carbocycles. The van der Waals surface area contributed by atoms with Crippen molar-refractivity contribution in [3.63, 3.8) is 0 Å². The van der Waals surface area contributed by atoms with Gasteiger partial charge in [-0.25, -0.2) is 9.48 Å². The monoisotopic (exact) mass is 385 g/mol. The lowest BCUT2D eigenvalue weighted by Gasteiger charge is -2.35. The van der Waals surface area contributed by atoms with E-state index >= 15 is 0 Å². The number of fused-ring (bicyclic) bond motifs is 1. The first-order valence-corrected chi connectivity index (χ1v) is 9.91. The molecule has 0 radical (unpaired) electrons. The van der Waals surface area contributed by atoms with Gasteiger partial charge in [0.25, 0.3) is 11.5 Å². The van der Waals surface area contributed by atoms with E-state index in [0.29, 0.717) is 17.3 Å². The van der Waals surface area contributed by atoms with Crippen LogP contribution in [0, 0.1) is 0 Å². The third-order valence-corrected chi connectivity index (χ3v) is 5.42. The summed E-state index contributed by atoms with van der Waals surface area (Å²) in [4.78, 5) is 39.7. The van der Waals surface area contributed by atoms with Crippen LogP contribution in [0.5, 0.6) is 0 Å². The van der Waals surface area contributed by atoms with Gasteiger partial charge in [-0.3, -0.25) is 9.59 Å². The molecule has 3 rings (SSSR count). The molecule has 1 atom stereocenters. The van der Waals surface area contributed by atoms with Crippen molar-refractivity contribution < 1.29 is 14.3 Å². The van der Waals surface area contributed by atoms with E-state index in [2.05, 4.69) is 5.10 Å². The van der Waals surface area contributed by atoms with Gasteiger partial charge < -0.3 is 9.64 Å². The molecule has 1 aliphatic carbocycles. The van der Waals surface area contributed by atoms with Gasteiger partial charge in [0.2, 0.25) is 0 Å². The van der Waals surface area contributed by atoms with Gasteiger partial charge in [0, 0.05) is 25.0 Å². The molecule has 0 bridgehead atoms. The zero-order valence-electron chi connectivity index (χ0n) is 16.7. The number of amides is 1. The zero-order chi connectivity index (χ0) is 20.3. The van der Waals surface area contributed by atoms with E-state index in [1.165, 1.54) is 13.5 Å². The van der Waals surface area contributed by atoms with Crippen LogP contribution in [-0.2, 0) is 16.6 Å². The fraction of sp³-hybridized carbons (Fsp3) is 0.524. The number of hydrogen-bond acceptors (Lipinski definition) is 5. The number of carbonyl (C=O) groups excluding carboxylic acids is 2. The number of carbonyl (C=O) groups is 2. The molecule has 0 aliphatic heterocycles. The molecule has 7 nitrogen and oxygen atoms in total. The van der Waals surface area contributed by atoms with Gasteiger partial charge in [-0.05, 0) is 32.8 Å². The van der Waals surface area contributed by atoms with E-state index in [0.717, 1.165) is 30.4 Å². The molecular weight excluding hydrogens is 358 g/mol.